The molecule has 2 unspecified atom stereocenters. The van der Waals surface area contributed by atoms with E-state index in [1.807, 2.05) is 12.1 Å². The van der Waals surface area contributed by atoms with E-state index in [1.54, 1.807) is 6.26 Å². The molecule has 2 N–H and O–H groups in total. The molecule has 0 aromatic carbocycles. The maximum Gasteiger partial charge on any atom is 0.304 e. The molecule has 1 aliphatic heterocycles. The van der Waals surface area contributed by atoms with Crippen LogP contribution in [0.15, 0.2) is 22.8 Å². The van der Waals surface area contributed by atoms with Crippen LogP contribution in [-0.4, -0.2) is 41.1 Å². The molecule has 1 aromatic rings. The normalized spacial score (nSPS) is 25.9. The van der Waals surface area contributed by atoms with E-state index < -0.39 is 5.97 Å². The summed E-state index contributed by atoms with van der Waals surface area (Å²) in [5.74, 6) is 0.169. The lowest BCUT2D eigenvalue weighted by atomic mass is 10.1. The highest BCUT2D eigenvalue weighted by Gasteiger charge is 2.26. The number of carbonyl (C=O) groups is 1. The zero-order valence-corrected chi connectivity index (χ0v) is 9.93. The number of nitrogens with one attached hydrogen (secondary N) is 1. The summed E-state index contributed by atoms with van der Waals surface area (Å²) in [5.41, 5.74) is 0. The SMILES string of the molecule is CC1CNC(CC(=O)O)CN1Cc1ccco1. The third kappa shape index (κ3) is 3.31. The van der Waals surface area contributed by atoms with Gasteiger partial charge >= 0.3 is 5.97 Å². The average Bonchev–Trinajstić information content (AvgIpc) is 2.75. The number of carboxylic acid groups (broad SMARTS) is 1. The monoisotopic (exact) mass is 238 g/mol. The van der Waals surface area contributed by atoms with Gasteiger partial charge in [-0.05, 0) is 19.1 Å². The quantitative estimate of drug-likeness (QED) is 0.816. The molecule has 1 aliphatic rings. The fraction of sp³-hybridized carbons (Fsp3) is 0.583. The van der Waals surface area contributed by atoms with Crippen molar-refractivity contribution in [1.82, 2.24) is 10.2 Å². The number of rotatable bonds is 4. The Morgan fingerprint density at radius 2 is 2.53 bits per heavy atom. The van der Waals surface area contributed by atoms with Crippen LogP contribution in [0.2, 0.25) is 0 Å². The molecular formula is C12H18N2O3. The van der Waals surface area contributed by atoms with Crippen molar-refractivity contribution in [2.45, 2.75) is 32.0 Å². The Balaban J connectivity index is 1.92. The van der Waals surface area contributed by atoms with Crippen molar-refractivity contribution >= 4 is 5.97 Å². The van der Waals surface area contributed by atoms with E-state index in [0.717, 1.165) is 25.4 Å². The highest BCUT2D eigenvalue weighted by Crippen LogP contribution is 2.14. The van der Waals surface area contributed by atoms with Crippen molar-refractivity contribution in [3.05, 3.63) is 24.2 Å². The number of furan rings is 1. The van der Waals surface area contributed by atoms with Gasteiger partial charge in [-0.1, -0.05) is 0 Å². The number of piperazine rings is 1. The average molecular weight is 238 g/mol. The first-order valence-electron chi connectivity index (χ1n) is 5.86. The van der Waals surface area contributed by atoms with Crippen LogP contribution >= 0.6 is 0 Å². The molecule has 2 heterocycles. The second-order valence-electron chi connectivity index (χ2n) is 4.56. The topological polar surface area (TPSA) is 65.7 Å². The van der Waals surface area contributed by atoms with Crippen molar-refractivity contribution in [2.75, 3.05) is 13.1 Å². The molecule has 1 saturated heterocycles. The minimum absolute atomic E-state index is 0.0265. The summed E-state index contributed by atoms with van der Waals surface area (Å²) in [6, 6.07) is 4.24. The fourth-order valence-electron chi connectivity index (χ4n) is 2.16. The number of nitrogens with zero attached hydrogens (tertiary/aromatic N) is 1. The van der Waals surface area contributed by atoms with Gasteiger partial charge in [-0.25, -0.2) is 0 Å². The number of carboxylic acids is 1. The number of hydrogen-bond donors (Lipinski definition) is 2. The molecular weight excluding hydrogens is 220 g/mol. The van der Waals surface area contributed by atoms with Crippen LogP contribution in [0.5, 0.6) is 0 Å². The summed E-state index contributed by atoms with van der Waals surface area (Å²) in [7, 11) is 0. The second kappa shape index (κ2) is 5.33. The zero-order chi connectivity index (χ0) is 12.3. The Kier molecular flexibility index (Phi) is 3.81. The molecule has 1 fully saturated rings. The van der Waals surface area contributed by atoms with Crippen LogP contribution < -0.4 is 5.32 Å². The lowest BCUT2D eigenvalue weighted by molar-refractivity contribution is -0.138. The minimum Gasteiger partial charge on any atom is -0.481 e. The predicted octanol–water partition coefficient (Wildman–Crippen LogP) is 0.917. The van der Waals surface area contributed by atoms with Crippen LogP contribution in [0, 0.1) is 0 Å². The maximum atomic E-state index is 10.7. The van der Waals surface area contributed by atoms with Gasteiger partial charge in [-0.3, -0.25) is 9.69 Å². The van der Waals surface area contributed by atoms with E-state index >= 15 is 0 Å². The van der Waals surface area contributed by atoms with Gasteiger partial charge in [-0.2, -0.15) is 0 Å². The molecule has 5 heteroatoms. The molecule has 0 spiro atoms. The highest BCUT2D eigenvalue weighted by molar-refractivity contribution is 5.67. The Bertz CT molecular complexity index is 364. The van der Waals surface area contributed by atoms with Crippen LogP contribution in [0.1, 0.15) is 19.1 Å². The van der Waals surface area contributed by atoms with Crippen LogP contribution in [-0.2, 0) is 11.3 Å². The first-order chi connectivity index (χ1) is 8.15. The van der Waals surface area contributed by atoms with Crippen molar-refractivity contribution in [3.8, 4) is 0 Å². The first kappa shape index (κ1) is 12.1. The zero-order valence-electron chi connectivity index (χ0n) is 9.93. The minimum atomic E-state index is -0.755. The molecule has 5 nitrogen and oxygen atoms in total. The fourth-order valence-corrected chi connectivity index (χ4v) is 2.16. The molecule has 2 rings (SSSR count). The summed E-state index contributed by atoms with van der Waals surface area (Å²) in [5, 5.41) is 12.1. The van der Waals surface area contributed by atoms with Gasteiger partial charge in [0.15, 0.2) is 0 Å². The summed E-state index contributed by atoms with van der Waals surface area (Å²) >= 11 is 0. The molecule has 2 atom stereocenters. The number of aliphatic carboxylic acids is 1. The van der Waals surface area contributed by atoms with Crippen molar-refractivity contribution in [1.29, 1.82) is 0 Å². The maximum absolute atomic E-state index is 10.7. The van der Waals surface area contributed by atoms with Crippen LogP contribution in [0.3, 0.4) is 0 Å². The Morgan fingerprint density at radius 1 is 1.71 bits per heavy atom. The highest BCUT2D eigenvalue weighted by atomic mass is 16.4. The summed E-state index contributed by atoms with van der Waals surface area (Å²) in [4.78, 5) is 12.9. The van der Waals surface area contributed by atoms with Crippen LogP contribution in [0.4, 0.5) is 0 Å². The molecule has 17 heavy (non-hydrogen) atoms. The largest absolute Gasteiger partial charge is 0.481 e. The van der Waals surface area contributed by atoms with Crippen molar-refractivity contribution < 1.29 is 14.3 Å². The smallest absolute Gasteiger partial charge is 0.304 e. The van der Waals surface area contributed by atoms with Gasteiger partial charge in [0.05, 0.1) is 19.2 Å². The molecule has 94 valence electrons. The molecule has 0 bridgehead atoms. The third-order valence-electron chi connectivity index (χ3n) is 3.14. The summed E-state index contributed by atoms with van der Waals surface area (Å²) in [6.45, 7) is 4.44. The molecule has 1 aromatic heterocycles. The van der Waals surface area contributed by atoms with E-state index in [-0.39, 0.29) is 12.5 Å². The van der Waals surface area contributed by atoms with E-state index in [4.69, 9.17) is 9.52 Å². The number of hydrogen-bond acceptors (Lipinski definition) is 4. The van der Waals surface area contributed by atoms with Gasteiger partial charge < -0.3 is 14.8 Å². The van der Waals surface area contributed by atoms with Gasteiger partial charge in [0.2, 0.25) is 0 Å². The van der Waals surface area contributed by atoms with Gasteiger partial charge in [0.1, 0.15) is 5.76 Å². The molecule has 0 amide bonds. The van der Waals surface area contributed by atoms with Crippen molar-refractivity contribution in [3.63, 3.8) is 0 Å². The first-order valence-corrected chi connectivity index (χ1v) is 5.86. The molecule has 0 saturated carbocycles. The van der Waals surface area contributed by atoms with Crippen LogP contribution in [0.25, 0.3) is 0 Å². The molecule has 0 aliphatic carbocycles. The van der Waals surface area contributed by atoms with Gasteiger partial charge in [0, 0.05) is 25.2 Å². The Hall–Kier alpha value is -1.33. The lowest BCUT2D eigenvalue weighted by Gasteiger charge is -2.37. The van der Waals surface area contributed by atoms with E-state index in [2.05, 4.69) is 17.1 Å². The molecule has 0 radical (unpaired) electrons. The van der Waals surface area contributed by atoms with E-state index in [9.17, 15) is 4.79 Å². The Morgan fingerprint density at radius 3 is 3.18 bits per heavy atom. The summed E-state index contributed by atoms with van der Waals surface area (Å²) < 4.78 is 5.32. The summed E-state index contributed by atoms with van der Waals surface area (Å²) in [6.07, 6.45) is 1.83. The lowest BCUT2D eigenvalue weighted by Crippen LogP contribution is -2.55. The second-order valence-corrected chi connectivity index (χ2v) is 4.56. The van der Waals surface area contributed by atoms with E-state index in [1.165, 1.54) is 0 Å². The Labute approximate surface area is 100 Å². The third-order valence-corrected chi connectivity index (χ3v) is 3.14. The predicted molar refractivity (Wildman–Crippen MR) is 62.6 cm³/mol. The standard InChI is InChI=1S/C12H18N2O3/c1-9-6-13-10(5-12(15)16)7-14(9)8-11-3-2-4-17-11/h2-4,9-10,13H,5-8H2,1H3,(H,15,16). The van der Waals surface area contributed by atoms with Crippen molar-refractivity contribution in [2.24, 2.45) is 0 Å². The van der Waals surface area contributed by atoms with E-state index in [0.29, 0.717) is 6.04 Å². The van der Waals surface area contributed by atoms with Gasteiger partial charge in [-0.15, -0.1) is 0 Å². The van der Waals surface area contributed by atoms with Gasteiger partial charge in [0.25, 0.3) is 0 Å².